The summed E-state index contributed by atoms with van der Waals surface area (Å²) in [5.74, 6) is 0.449. The lowest BCUT2D eigenvalue weighted by Gasteiger charge is -2.21. The van der Waals surface area contributed by atoms with Gasteiger partial charge >= 0.3 is 0 Å². The van der Waals surface area contributed by atoms with E-state index in [0.29, 0.717) is 19.4 Å². The van der Waals surface area contributed by atoms with Crippen LogP contribution >= 0.6 is 0 Å². The van der Waals surface area contributed by atoms with Crippen LogP contribution in [0.2, 0.25) is 0 Å². The highest BCUT2D eigenvalue weighted by Gasteiger charge is 2.33. The van der Waals surface area contributed by atoms with E-state index >= 15 is 0 Å². The Morgan fingerprint density at radius 1 is 1.47 bits per heavy atom. The predicted molar refractivity (Wildman–Crippen MR) is 74.1 cm³/mol. The average molecular weight is 285 g/mol. The van der Waals surface area contributed by atoms with E-state index in [-0.39, 0.29) is 29.2 Å². The molecule has 2 rings (SSSR count). The number of hydrogen-bond acceptors (Lipinski definition) is 3. The van der Waals surface area contributed by atoms with E-state index in [0.717, 1.165) is 11.1 Å². The first-order valence-corrected chi connectivity index (χ1v) is 8.39. The molecule has 0 spiro atoms. The Morgan fingerprint density at radius 2 is 2.21 bits per heavy atom. The highest BCUT2D eigenvalue weighted by atomic mass is 32.2. The second kappa shape index (κ2) is 5.59. The number of halogens is 1. The summed E-state index contributed by atoms with van der Waals surface area (Å²) >= 11 is 0. The standard InChI is InChI=1S/C14H20FNO2S/c1-10-2-3-14(15)7-12(10)6-13(8-16)11-4-5-19(17,18)9-11/h2-3,7,11,13H,4-6,8-9,16H2,1H3. The summed E-state index contributed by atoms with van der Waals surface area (Å²) in [5, 5.41) is 0. The molecule has 1 aliphatic heterocycles. The van der Waals surface area contributed by atoms with Crippen molar-refractivity contribution in [2.45, 2.75) is 19.8 Å². The Hall–Kier alpha value is -0.940. The molecule has 0 aliphatic carbocycles. The molecule has 2 N–H and O–H groups in total. The van der Waals surface area contributed by atoms with Gasteiger partial charge in [-0.2, -0.15) is 0 Å². The van der Waals surface area contributed by atoms with E-state index in [1.165, 1.54) is 12.1 Å². The van der Waals surface area contributed by atoms with Crippen LogP contribution in [0.25, 0.3) is 0 Å². The summed E-state index contributed by atoms with van der Waals surface area (Å²) in [6.07, 6.45) is 1.33. The fourth-order valence-electron chi connectivity index (χ4n) is 2.78. The Morgan fingerprint density at radius 3 is 2.79 bits per heavy atom. The Kier molecular flexibility index (Phi) is 4.26. The van der Waals surface area contributed by atoms with Crippen molar-refractivity contribution in [1.29, 1.82) is 0 Å². The van der Waals surface area contributed by atoms with Gasteiger partial charge in [-0.1, -0.05) is 6.07 Å². The summed E-state index contributed by atoms with van der Waals surface area (Å²) in [7, 11) is -2.89. The zero-order valence-corrected chi connectivity index (χ0v) is 11.9. The van der Waals surface area contributed by atoms with Crippen molar-refractivity contribution in [3.63, 3.8) is 0 Å². The minimum absolute atomic E-state index is 0.109. The highest BCUT2D eigenvalue weighted by Crippen LogP contribution is 2.29. The lowest BCUT2D eigenvalue weighted by atomic mass is 9.85. The Balaban J connectivity index is 2.13. The van der Waals surface area contributed by atoms with Crippen molar-refractivity contribution in [3.8, 4) is 0 Å². The van der Waals surface area contributed by atoms with E-state index in [1.54, 1.807) is 6.07 Å². The predicted octanol–water partition coefficient (Wildman–Crippen LogP) is 1.69. The van der Waals surface area contributed by atoms with Gasteiger partial charge in [-0.25, -0.2) is 12.8 Å². The van der Waals surface area contributed by atoms with Crippen molar-refractivity contribution in [1.82, 2.24) is 0 Å². The molecule has 1 fully saturated rings. The van der Waals surface area contributed by atoms with Gasteiger partial charge in [0.15, 0.2) is 9.84 Å². The smallest absolute Gasteiger partial charge is 0.150 e. The van der Waals surface area contributed by atoms with Crippen LogP contribution in [0.3, 0.4) is 0 Å². The van der Waals surface area contributed by atoms with Crippen molar-refractivity contribution in [3.05, 3.63) is 35.1 Å². The maximum Gasteiger partial charge on any atom is 0.150 e. The fourth-order valence-corrected chi connectivity index (χ4v) is 4.70. The normalized spacial score (nSPS) is 23.4. The van der Waals surface area contributed by atoms with E-state index in [9.17, 15) is 12.8 Å². The van der Waals surface area contributed by atoms with Crippen LogP contribution in [0, 0.1) is 24.6 Å². The molecule has 2 atom stereocenters. The van der Waals surface area contributed by atoms with Crippen molar-refractivity contribution in [2.75, 3.05) is 18.1 Å². The number of sulfone groups is 1. The third kappa shape index (κ3) is 3.54. The molecule has 0 radical (unpaired) electrons. The van der Waals surface area contributed by atoms with E-state index < -0.39 is 9.84 Å². The van der Waals surface area contributed by atoms with E-state index in [1.807, 2.05) is 6.92 Å². The molecule has 19 heavy (non-hydrogen) atoms. The second-order valence-corrected chi connectivity index (χ2v) is 7.66. The van der Waals surface area contributed by atoms with Crippen LogP contribution in [-0.2, 0) is 16.3 Å². The molecule has 1 aromatic carbocycles. The first-order chi connectivity index (χ1) is 8.91. The van der Waals surface area contributed by atoms with Crippen LogP contribution in [0.5, 0.6) is 0 Å². The number of nitrogens with two attached hydrogens (primary N) is 1. The molecule has 106 valence electrons. The number of rotatable bonds is 4. The van der Waals surface area contributed by atoms with Crippen molar-refractivity contribution < 1.29 is 12.8 Å². The summed E-state index contributed by atoms with van der Waals surface area (Å²) in [6, 6.07) is 4.72. The Labute approximate surface area is 113 Å². The maximum atomic E-state index is 13.3. The molecular weight excluding hydrogens is 265 g/mol. The van der Waals surface area contributed by atoms with Crippen molar-refractivity contribution >= 4 is 9.84 Å². The minimum Gasteiger partial charge on any atom is -0.330 e. The second-order valence-electron chi connectivity index (χ2n) is 5.43. The number of hydrogen-bond donors (Lipinski definition) is 1. The summed E-state index contributed by atoms with van der Waals surface area (Å²) < 4.78 is 36.3. The monoisotopic (exact) mass is 285 g/mol. The van der Waals surface area contributed by atoms with Gasteiger partial charge in [0, 0.05) is 0 Å². The third-order valence-corrected chi connectivity index (χ3v) is 5.82. The van der Waals surface area contributed by atoms with Gasteiger partial charge < -0.3 is 5.73 Å². The van der Waals surface area contributed by atoms with Crippen LogP contribution in [-0.4, -0.2) is 26.5 Å². The fraction of sp³-hybridized carbons (Fsp3) is 0.571. The number of benzene rings is 1. The molecule has 0 amide bonds. The van der Waals surface area contributed by atoms with Gasteiger partial charge in [0.05, 0.1) is 11.5 Å². The van der Waals surface area contributed by atoms with Gasteiger partial charge in [-0.05, 0) is 61.4 Å². The largest absolute Gasteiger partial charge is 0.330 e. The molecule has 1 aliphatic rings. The van der Waals surface area contributed by atoms with Gasteiger partial charge in [0.2, 0.25) is 0 Å². The molecular formula is C14H20FNO2S. The zero-order valence-electron chi connectivity index (χ0n) is 11.1. The third-order valence-electron chi connectivity index (χ3n) is 4.03. The maximum absolute atomic E-state index is 13.3. The average Bonchev–Trinajstić information content (AvgIpc) is 2.70. The van der Waals surface area contributed by atoms with Gasteiger partial charge in [0.1, 0.15) is 5.82 Å². The lowest BCUT2D eigenvalue weighted by molar-refractivity contribution is 0.370. The molecule has 0 saturated carbocycles. The molecule has 0 aromatic heterocycles. The minimum atomic E-state index is -2.89. The first-order valence-electron chi connectivity index (χ1n) is 6.57. The van der Waals surface area contributed by atoms with E-state index in [2.05, 4.69) is 0 Å². The van der Waals surface area contributed by atoms with Gasteiger partial charge in [-0.15, -0.1) is 0 Å². The Bertz CT molecular complexity index is 557. The first kappa shape index (κ1) is 14.5. The van der Waals surface area contributed by atoms with Crippen molar-refractivity contribution in [2.24, 2.45) is 17.6 Å². The molecule has 1 heterocycles. The van der Waals surface area contributed by atoms with E-state index in [4.69, 9.17) is 5.73 Å². The van der Waals surface area contributed by atoms with Crippen LogP contribution in [0.4, 0.5) is 4.39 Å². The molecule has 1 saturated heterocycles. The quantitative estimate of drug-likeness (QED) is 0.915. The summed E-state index contributed by atoms with van der Waals surface area (Å²) in [6.45, 7) is 2.38. The van der Waals surface area contributed by atoms with Gasteiger partial charge in [-0.3, -0.25) is 0 Å². The van der Waals surface area contributed by atoms with Gasteiger partial charge in [0.25, 0.3) is 0 Å². The van der Waals surface area contributed by atoms with Crippen LogP contribution in [0.15, 0.2) is 18.2 Å². The number of aryl methyl sites for hydroxylation is 1. The molecule has 0 bridgehead atoms. The molecule has 5 heteroatoms. The lowest BCUT2D eigenvalue weighted by Crippen LogP contribution is -2.26. The highest BCUT2D eigenvalue weighted by molar-refractivity contribution is 7.91. The SMILES string of the molecule is Cc1ccc(F)cc1CC(CN)C1CCS(=O)(=O)C1. The van der Waals surface area contributed by atoms with Crippen LogP contribution < -0.4 is 5.73 Å². The molecule has 1 aromatic rings. The molecule has 2 unspecified atom stereocenters. The topological polar surface area (TPSA) is 60.2 Å². The van der Waals surface area contributed by atoms with Crippen LogP contribution in [0.1, 0.15) is 17.5 Å². The summed E-state index contributed by atoms with van der Waals surface area (Å²) in [5.41, 5.74) is 7.75. The zero-order chi connectivity index (χ0) is 14.0. The molecule has 3 nitrogen and oxygen atoms in total. The summed E-state index contributed by atoms with van der Waals surface area (Å²) in [4.78, 5) is 0.